The maximum absolute atomic E-state index is 9.71. The average molecular weight is 815 g/mol. The summed E-state index contributed by atoms with van der Waals surface area (Å²) >= 11 is 0. The van der Waals surface area contributed by atoms with Crippen LogP contribution in [0.15, 0.2) is 182 Å². The Morgan fingerprint density at radius 1 is 0.422 bits per heavy atom. The highest BCUT2D eigenvalue weighted by Crippen LogP contribution is 2.40. The minimum absolute atomic E-state index is 0.428. The lowest BCUT2D eigenvalue weighted by atomic mass is 10.0. The Morgan fingerprint density at radius 3 is 1.67 bits per heavy atom. The Labute approximate surface area is 367 Å². The van der Waals surface area contributed by atoms with Gasteiger partial charge < -0.3 is 9.13 Å². The standard InChI is InChI=1S/C56H30N8/c1-58-39-23-28-54-46(31-39)45-30-35(34-57)16-27-53(45)64(54)41-26-29-55-47(32-41)42-10-6-9-15-52(42)63(55)40-24-21-37(22-25-40)36-17-19-38(20-18-36)50-33-51(43-11-4-7-13-48(43)59-2)62-56(61-50)44-12-5-8-14-49(44)60-3/h4-33H. The predicted octanol–water partition coefficient (Wildman–Crippen LogP) is 14.9. The smallest absolute Gasteiger partial charge is 0.198 e. The van der Waals surface area contributed by atoms with Crippen LogP contribution in [-0.4, -0.2) is 19.1 Å². The molecule has 8 nitrogen and oxygen atoms in total. The molecule has 3 aromatic heterocycles. The van der Waals surface area contributed by atoms with Crippen molar-refractivity contribution in [2.75, 3.05) is 0 Å². The van der Waals surface area contributed by atoms with Crippen LogP contribution in [0.2, 0.25) is 0 Å². The molecule has 0 atom stereocenters. The van der Waals surface area contributed by atoms with Gasteiger partial charge in [-0.15, -0.1) is 0 Å². The number of nitriles is 1. The van der Waals surface area contributed by atoms with Crippen LogP contribution in [0.5, 0.6) is 0 Å². The summed E-state index contributed by atoms with van der Waals surface area (Å²) in [5.41, 5.74) is 13.9. The maximum atomic E-state index is 9.71. The van der Waals surface area contributed by atoms with E-state index in [0.29, 0.717) is 51.0 Å². The lowest BCUT2D eigenvalue weighted by Crippen LogP contribution is -1.96. The van der Waals surface area contributed by atoms with Gasteiger partial charge in [-0.05, 0) is 89.3 Å². The first-order chi connectivity index (χ1) is 31.5. The summed E-state index contributed by atoms with van der Waals surface area (Å²) in [6, 6.07) is 62.3. The monoisotopic (exact) mass is 814 g/mol. The molecule has 3 heterocycles. The molecule has 0 aliphatic heterocycles. The van der Waals surface area contributed by atoms with Crippen LogP contribution in [0.25, 0.3) is 115 Å². The Hall–Kier alpha value is -9.60. The Kier molecular flexibility index (Phi) is 8.85. The number of para-hydroxylation sites is 3. The fourth-order valence-electron chi connectivity index (χ4n) is 8.84. The van der Waals surface area contributed by atoms with Crippen molar-refractivity contribution in [1.29, 1.82) is 5.26 Å². The predicted molar refractivity (Wildman–Crippen MR) is 256 cm³/mol. The van der Waals surface area contributed by atoms with Crippen LogP contribution in [0.4, 0.5) is 17.1 Å². The zero-order chi connectivity index (χ0) is 43.3. The molecular formula is C56H30N8. The van der Waals surface area contributed by atoms with Crippen molar-refractivity contribution in [3.8, 4) is 62.5 Å². The van der Waals surface area contributed by atoms with Crippen LogP contribution in [0, 0.1) is 31.0 Å². The van der Waals surface area contributed by atoms with Gasteiger partial charge in [-0.3, -0.25) is 0 Å². The molecule has 64 heavy (non-hydrogen) atoms. The first-order valence-electron chi connectivity index (χ1n) is 20.5. The third-order valence-corrected chi connectivity index (χ3v) is 11.9. The summed E-state index contributed by atoms with van der Waals surface area (Å²) in [6.45, 7) is 23.2. The molecular weight excluding hydrogens is 785 g/mol. The van der Waals surface area contributed by atoms with Gasteiger partial charge in [0, 0.05) is 44.2 Å². The first kappa shape index (κ1) is 37.4. The van der Waals surface area contributed by atoms with E-state index in [1.54, 1.807) is 12.1 Å². The van der Waals surface area contributed by atoms with Crippen LogP contribution >= 0.6 is 0 Å². The second kappa shape index (κ2) is 15.1. The van der Waals surface area contributed by atoms with Crippen LogP contribution in [0.1, 0.15) is 5.56 Å². The van der Waals surface area contributed by atoms with Gasteiger partial charge in [0.2, 0.25) is 0 Å². The van der Waals surface area contributed by atoms with Crippen molar-refractivity contribution in [3.05, 3.63) is 222 Å². The van der Waals surface area contributed by atoms with E-state index in [1.807, 2.05) is 78.9 Å². The molecule has 0 aliphatic rings. The van der Waals surface area contributed by atoms with Crippen LogP contribution in [0.3, 0.4) is 0 Å². The minimum atomic E-state index is 0.428. The molecule has 0 fully saturated rings. The van der Waals surface area contributed by atoms with E-state index in [0.717, 1.165) is 71.7 Å². The number of aromatic nitrogens is 4. The maximum Gasteiger partial charge on any atom is 0.198 e. The number of hydrogen-bond acceptors (Lipinski definition) is 3. The fourth-order valence-corrected chi connectivity index (χ4v) is 8.84. The summed E-state index contributed by atoms with van der Waals surface area (Å²) < 4.78 is 4.52. The molecule has 0 amide bonds. The van der Waals surface area contributed by atoms with E-state index in [4.69, 9.17) is 29.7 Å². The lowest BCUT2D eigenvalue weighted by Gasteiger charge is -2.12. The Morgan fingerprint density at radius 2 is 0.953 bits per heavy atom. The number of benzene rings is 8. The van der Waals surface area contributed by atoms with Gasteiger partial charge in [-0.1, -0.05) is 109 Å². The molecule has 0 N–H and O–H groups in total. The van der Waals surface area contributed by atoms with E-state index in [1.165, 1.54) is 0 Å². The summed E-state index contributed by atoms with van der Waals surface area (Å²) in [5.74, 6) is 0.428. The van der Waals surface area contributed by atoms with Gasteiger partial charge in [-0.2, -0.15) is 5.26 Å². The normalized spacial score (nSPS) is 11.1. The summed E-state index contributed by atoms with van der Waals surface area (Å²) in [6.07, 6.45) is 0. The van der Waals surface area contributed by atoms with E-state index in [-0.39, 0.29) is 0 Å². The van der Waals surface area contributed by atoms with E-state index in [2.05, 4.69) is 121 Å². The molecule has 11 rings (SSSR count). The third kappa shape index (κ3) is 6.12. The summed E-state index contributed by atoms with van der Waals surface area (Å²) in [4.78, 5) is 21.0. The van der Waals surface area contributed by atoms with Crippen molar-refractivity contribution in [3.63, 3.8) is 0 Å². The highest BCUT2D eigenvalue weighted by molar-refractivity contribution is 6.13. The number of nitrogens with zero attached hydrogens (tertiary/aromatic N) is 8. The highest BCUT2D eigenvalue weighted by Gasteiger charge is 2.19. The zero-order valence-electron chi connectivity index (χ0n) is 33.9. The third-order valence-electron chi connectivity index (χ3n) is 11.9. The molecule has 294 valence electrons. The molecule has 0 saturated carbocycles. The average Bonchev–Trinajstić information content (AvgIpc) is 3.87. The van der Waals surface area contributed by atoms with Crippen LogP contribution in [-0.2, 0) is 0 Å². The topological polar surface area (TPSA) is 72.5 Å². The van der Waals surface area contributed by atoms with E-state index < -0.39 is 0 Å². The Bertz CT molecular complexity index is 3730. The second-order valence-electron chi connectivity index (χ2n) is 15.4. The van der Waals surface area contributed by atoms with Crippen molar-refractivity contribution < 1.29 is 0 Å². The number of hydrogen-bond donors (Lipinski definition) is 0. The number of fused-ring (bicyclic) bond motifs is 6. The molecule has 8 aromatic carbocycles. The molecule has 0 saturated heterocycles. The largest absolute Gasteiger partial charge is 0.309 e. The van der Waals surface area contributed by atoms with Crippen LogP contribution < -0.4 is 0 Å². The quantitative estimate of drug-likeness (QED) is 0.157. The fraction of sp³-hybridized carbons (Fsp3) is 0. The van der Waals surface area contributed by atoms with Gasteiger partial charge in [0.15, 0.2) is 17.1 Å². The van der Waals surface area contributed by atoms with Crippen molar-refractivity contribution in [2.24, 2.45) is 0 Å². The minimum Gasteiger partial charge on any atom is -0.309 e. The summed E-state index contributed by atoms with van der Waals surface area (Å²) in [7, 11) is 0. The van der Waals surface area contributed by atoms with E-state index >= 15 is 0 Å². The molecule has 0 bridgehead atoms. The highest BCUT2D eigenvalue weighted by atomic mass is 15.0. The van der Waals surface area contributed by atoms with Crippen molar-refractivity contribution in [1.82, 2.24) is 19.1 Å². The van der Waals surface area contributed by atoms with Gasteiger partial charge in [0.05, 0.1) is 64.8 Å². The second-order valence-corrected chi connectivity index (χ2v) is 15.4. The molecule has 0 spiro atoms. The molecule has 8 heteroatoms. The van der Waals surface area contributed by atoms with Gasteiger partial charge in [0.25, 0.3) is 0 Å². The summed E-state index contributed by atoms with van der Waals surface area (Å²) in [5, 5.41) is 13.8. The van der Waals surface area contributed by atoms with Gasteiger partial charge >= 0.3 is 0 Å². The number of rotatable bonds is 6. The van der Waals surface area contributed by atoms with Gasteiger partial charge in [0.1, 0.15) is 5.82 Å². The molecule has 11 aromatic rings. The van der Waals surface area contributed by atoms with Gasteiger partial charge in [-0.25, -0.2) is 24.5 Å². The zero-order valence-corrected chi connectivity index (χ0v) is 33.9. The molecule has 0 radical (unpaired) electrons. The molecule has 0 unspecified atom stereocenters. The van der Waals surface area contributed by atoms with Crippen molar-refractivity contribution >= 4 is 60.7 Å². The lowest BCUT2D eigenvalue weighted by molar-refractivity contribution is 1.17. The Balaban J connectivity index is 0.962. The first-order valence-corrected chi connectivity index (χ1v) is 20.5. The van der Waals surface area contributed by atoms with Crippen molar-refractivity contribution in [2.45, 2.75) is 0 Å². The SMILES string of the molecule is [C-]#[N+]c1ccc2c(c1)c1cc(C#N)ccc1n2-c1ccc2c(c1)c1ccccc1n2-c1ccc(-c2ccc(-c3cc(-c4ccccc4[N+]#[C-])nc(-c4ccccc4[N+]#[C-])n3)cc2)cc1. The molecule has 0 aliphatic carbocycles. The van der Waals surface area contributed by atoms with E-state index in [9.17, 15) is 5.26 Å².